The SMILES string of the molecule is CC(=O)N(c1cc(NC(=O)Cc2ccccc2Cl)ccn1)c1cc2ccnn2cc1F. The van der Waals surface area contributed by atoms with Gasteiger partial charge in [-0.3, -0.25) is 14.5 Å². The molecule has 0 spiro atoms. The zero-order valence-electron chi connectivity index (χ0n) is 16.4. The number of nitrogens with one attached hydrogen (secondary N) is 1. The van der Waals surface area contributed by atoms with Crippen LogP contribution in [0.1, 0.15) is 12.5 Å². The first-order valence-corrected chi connectivity index (χ1v) is 9.73. The van der Waals surface area contributed by atoms with Crippen molar-refractivity contribution in [1.29, 1.82) is 0 Å². The van der Waals surface area contributed by atoms with E-state index in [1.165, 1.54) is 42.2 Å². The number of fused-ring (bicyclic) bond motifs is 1. The van der Waals surface area contributed by atoms with Crippen LogP contribution in [-0.4, -0.2) is 26.4 Å². The van der Waals surface area contributed by atoms with E-state index in [0.717, 1.165) is 4.90 Å². The lowest BCUT2D eigenvalue weighted by Crippen LogP contribution is -2.25. The molecule has 0 unspecified atom stereocenters. The van der Waals surface area contributed by atoms with Crippen LogP contribution in [0.4, 0.5) is 21.6 Å². The summed E-state index contributed by atoms with van der Waals surface area (Å²) in [6.07, 6.45) is 4.24. The Bertz CT molecular complexity index is 1290. The highest BCUT2D eigenvalue weighted by atomic mass is 35.5. The molecule has 31 heavy (non-hydrogen) atoms. The van der Waals surface area contributed by atoms with Crippen LogP contribution in [0.5, 0.6) is 0 Å². The van der Waals surface area contributed by atoms with E-state index in [0.29, 0.717) is 21.8 Å². The lowest BCUT2D eigenvalue weighted by molar-refractivity contribution is -0.116. The van der Waals surface area contributed by atoms with Gasteiger partial charge in [0, 0.05) is 36.1 Å². The third-order valence-corrected chi connectivity index (χ3v) is 4.96. The Balaban J connectivity index is 1.62. The molecular weight excluding hydrogens is 421 g/mol. The smallest absolute Gasteiger partial charge is 0.229 e. The molecule has 0 saturated heterocycles. The van der Waals surface area contributed by atoms with Gasteiger partial charge in [-0.2, -0.15) is 5.10 Å². The lowest BCUT2D eigenvalue weighted by atomic mass is 10.1. The molecule has 0 fully saturated rings. The van der Waals surface area contributed by atoms with Crippen LogP contribution in [0.2, 0.25) is 5.02 Å². The Morgan fingerprint density at radius 2 is 1.97 bits per heavy atom. The molecule has 1 aromatic carbocycles. The average molecular weight is 438 g/mol. The summed E-state index contributed by atoms with van der Waals surface area (Å²) in [4.78, 5) is 30.2. The number of hydrogen-bond donors (Lipinski definition) is 1. The molecule has 0 aliphatic carbocycles. The molecule has 0 bridgehead atoms. The molecule has 0 radical (unpaired) electrons. The van der Waals surface area contributed by atoms with Crippen LogP contribution in [-0.2, 0) is 16.0 Å². The van der Waals surface area contributed by atoms with E-state index in [-0.39, 0.29) is 23.8 Å². The number of anilines is 3. The van der Waals surface area contributed by atoms with E-state index in [1.54, 1.807) is 36.4 Å². The number of pyridine rings is 2. The van der Waals surface area contributed by atoms with E-state index in [1.807, 2.05) is 0 Å². The molecule has 4 aromatic rings. The molecule has 4 rings (SSSR count). The van der Waals surface area contributed by atoms with Crippen molar-refractivity contribution in [1.82, 2.24) is 14.6 Å². The Labute approximate surface area is 182 Å². The van der Waals surface area contributed by atoms with Gasteiger partial charge in [-0.05, 0) is 29.8 Å². The fourth-order valence-corrected chi connectivity index (χ4v) is 3.40. The van der Waals surface area contributed by atoms with E-state index in [2.05, 4.69) is 15.4 Å². The van der Waals surface area contributed by atoms with Crippen LogP contribution in [0.25, 0.3) is 5.52 Å². The van der Waals surface area contributed by atoms with Crippen molar-refractivity contribution < 1.29 is 14.0 Å². The highest BCUT2D eigenvalue weighted by molar-refractivity contribution is 6.31. The van der Waals surface area contributed by atoms with Crippen molar-refractivity contribution in [2.75, 3.05) is 10.2 Å². The molecule has 7 nitrogen and oxygen atoms in total. The van der Waals surface area contributed by atoms with Crippen molar-refractivity contribution in [3.8, 4) is 0 Å². The third-order valence-electron chi connectivity index (χ3n) is 4.59. The van der Waals surface area contributed by atoms with Gasteiger partial charge in [-0.25, -0.2) is 13.9 Å². The largest absolute Gasteiger partial charge is 0.326 e. The second kappa shape index (κ2) is 8.53. The Hall–Kier alpha value is -3.78. The molecule has 0 aliphatic heterocycles. The maximum absolute atomic E-state index is 14.7. The minimum Gasteiger partial charge on any atom is -0.326 e. The number of benzene rings is 1. The molecule has 9 heteroatoms. The molecule has 0 aliphatic rings. The average Bonchev–Trinajstić information content (AvgIpc) is 3.17. The van der Waals surface area contributed by atoms with Crippen LogP contribution in [0.15, 0.2) is 67.1 Å². The van der Waals surface area contributed by atoms with Gasteiger partial charge in [0.05, 0.1) is 23.8 Å². The molecule has 0 atom stereocenters. The highest BCUT2D eigenvalue weighted by Crippen LogP contribution is 2.29. The summed E-state index contributed by atoms with van der Waals surface area (Å²) < 4.78 is 16.1. The Kier molecular flexibility index (Phi) is 5.64. The normalized spacial score (nSPS) is 10.8. The predicted octanol–water partition coefficient (Wildman–Crippen LogP) is 4.39. The van der Waals surface area contributed by atoms with Crippen LogP contribution in [0.3, 0.4) is 0 Å². The minimum absolute atomic E-state index is 0.0348. The van der Waals surface area contributed by atoms with Gasteiger partial charge < -0.3 is 5.32 Å². The number of nitrogens with zero attached hydrogens (tertiary/aromatic N) is 4. The van der Waals surface area contributed by atoms with E-state index < -0.39 is 11.7 Å². The molecule has 2 amide bonds. The molecular formula is C22H17ClFN5O2. The predicted molar refractivity (Wildman–Crippen MR) is 116 cm³/mol. The minimum atomic E-state index is -0.638. The summed E-state index contributed by atoms with van der Waals surface area (Å²) in [5.41, 5.74) is 1.76. The summed E-state index contributed by atoms with van der Waals surface area (Å²) in [5, 5.41) is 7.25. The van der Waals surface area contributed by atoms with E-state index in [9.17, 15) is 14.0 Å². The van der Waals surface area contributed by atoms with Gasteiger partial charge in [-0.1, -0.05) is 29.8 Å². The topological polar surface area (TPSA) is 79.6 Å². The lowest BCUT2D eigenvalue weighted by Gasteiger charge is -2.21. The zero-order valence-corrected chi connectivity index (χ0v) is 17.2. The standard InChI is InChI=1S/C22H17ClFN5O2/c1-14(30)29(20-12-17-7-9-26-28(17)13-19(20)24)21-11-16(6-8-25-21)27-22(31)10-15-4-2-3-5-18(15)23/h2-9,11-13H,10H2,1H3,(H,25,27,31). The van der Waals surface area contributed by atoms with Gasteiger partial charge in [-0.15, -0.1) is 0 Å². The summed E-state index contributed by atoms with van der Waals surface area (Å²) >= 11 is 6.11. The number of hydrogen-bond acceptors (Lipinski definition) is 4. The summed E-state index contributed by atoms with van der Waals surface area (Å²) in [6.45, 7) is 1.31. The molecule has 3 aromatic heterocycles. The Morgan fingerprint density at radius 1 is 1.16 bits per heavy atom. The fraction of sp³-hybridized carbons (Fsp3) is 0.0909. The fourth-order valence-electron chi connectivity index (χ4n) is 3.19. The maximum atomic E-state index is 14.7. The first-order chi connectivity index (χ1) is 14.9. The van der Waals surface area contributed by atoms with Gasteiger partial charge in [0.25, 0.3) is 0 Å². The maximum Gasteiger partial charge on any atom is 0.229 e. The van der Waals surface area contributed by atoms with Gasteiger partial charge in [0.2, 0.25) is 11.8 Å². The van der Waals surface area contributed by atoms with Crippen molar-refractivity contribution in [3.05, 3.63) is 83.5 Å². The summed E-state index contributed by atoms with van der Waals surface area (Å²) in [5.74, 6) is -1.19. The van der Waals surface area contributed by atoms with E-state index in [4.69, 9.17) is 11.6 Å². The number of aromatic nitrogens is 3. The van der Waals surface area contributed by atoms with Crippen molar-refractivity contribution >= 4 is 46.1 Å². The monoisotopic (exact) mass is 437 g/mol. The molecule has 0 saturated carbocycles. The first-order valence-electron chi connectivity index (χ1n) is 9.35. The first kappa shape index (κ1) is 20.5. The quantitative estimate of drug-likeness (QED) is 0.502. The number of amides is 2. The molecule has 1 N–H and O–H groups in total. The van der Waals surface area contributed by atoms with Gasteiger partial charge >= 0.3 is 0 Å². The third kappa shape index (κ3) is 4.39. The van der Waals surface area contributed by atoms with Crippen molar-refractivity contribution in [3.63, 3.8) is 0 Å². The number of carbonyl (C=O) groups excluding carboxylic acids is 2. The van der Waals surface area contributed by atoms with Crippen LogP contribution < -0.4 is 10.2 Å². The zero-order chi connectivity index (χ0) is 22.0. The number of rotatable bonds is 5. The van der Waals surface area contributed by atoms with Crippen LogP contribution >= 0.6 is 11.6 Å². The Morgan fingerprint density at radius 3 is 2.74 bits per heavy atom. The highest BCUT2D eigenvalue weighted by Gasteiger charge is 2.21. The second-order valence-electron chi connectivity index (χ2n) is 6.78. The number of halogens is 2. The van der Waals surface area contributed by atoms with Crippen LogP contribution in [0, 0.1) is 5.82 Å². The van der Waals surface area contributed by atoms with Crippen molar-refractivity contribution in [2.45, 2.75) is 13.3 Å². The van der Waals surface area contributed by atoms with E-state index >= 15 is 0 Å². The van der Waals surface area contributed by atoms with Crippen molar-refractivity contribution in [2.24, 2.45) is 0 Å². The number of carbonyl (C=O) groups is 2. The second-order valence-corrected chi connectivity index (χ2v) is 7.19. The van der Waals surface area contributed by atoms with Gasteiger partial charge in [0.1, 0.15) is 5.82 Å². The van der Waals surface area contributed by atoms with Gasteiger partial charge in [0.15, 0.2) is 5.82 Å². The summed E-state index contributed by atoms with van der Waals surface area (Å²) in [6, 6.07) is 13.4. The molecule has 156 valence electrons. The summed E-state index contributed by atoms with van der Waals surface area (Å²) in [7, 11) is 0. The molecule has 3 heterocycles.